The number of hydrogen-bond donors (Lipinski definition) is 0. The van der Waals surface area contributed by atoms with Crippen LogP contribution in [-0.4, -0.2) is 24.0 Å². The van der Waals surface area contributed by atoms with Crippen LogP contribution in [0.5, 0.6) is 5.75 Å². The van der Waals surface area contributed by atoms with Crippen LogP contribution in [-0.2, 0) is 9.53 Å². The first-order valence-corrected chi connectivity index (χ1v) is 8.39. The van der Waals surface area contributed by atoms with Gasteiger partial charge in [0.25, 0.3) is 0 Å². The molecule has 4 heteroatoms. The second kappa shape index (κ2) is 8.47. The molecule has 0 radical (unpaired) electrons. The van der Waals surface area contributed by atoms with Gasteiger partial charge in [0, 0.05) is 17.5 Å². The Hall–Kier alpha value is -2.62. The van der Waals surface area contributed by atoms with Gasteiger partial charge in [-0.1, -0.05) is 30.3 Å². The van der Waals surface area contributed by atoms with Crippen molar-refractivity contribution in [3.05, 3.63) is 65.7 Å². The second-order valence-corrected chi connectivity index (χ2v) is 6.76. The quantitative estimate of drug-likeness (QED) is 0.425. The van der Waals surface area contributed by atoms with E-state index in [1.165, 1.54) is 0 Å². The standard InChI is InChI=1S/C21H24O4/c1-21(2,3)25-19(22)10-7-15-24-18-13-11-17(12-14-18)20(23)16-8-5-4-6-9-16/h4-6,8-9,11-14H,7,10,15H2,1-3H3. The first-order valence-electron chi connectivity index (χ1n) is 8.39. The zero-order valence-corrected chi connectivity index (χ0v) is 15.0. The van der Waals surface area contributed by atoms with Crippen molar-refractivity contribution in [2.45, 2.75) is 39.2 Å². The predicted octanol–water partition coefficient (Wildman–Crippen LogP) is 4.42. The first-order chi connectivity index (χ1) is 11.8. The zero-order valence-electron chi connectivity index (χ0n) is 15.0. The summed E-state index contributed by atoms with van der Waals surface area (Å²) in [5, 5.41) is 0. The average Bonchev–Trinajstić information content (AvgIpc) is 2.58. The summed E-state index contributed by atoms with van der Waals surface area (Å²) in [4.78, 5) is 23.9. The summed E-state index contributed by atoms with van der Waals surface area (Å²) in [5.74, 6) is 0.436. The third-order valence-electron chi connectivity index (χ3n) is 3.37. The SMILES string of the molecule is CC(C)(C)OC(=O)CCCOc1ccc(C(=O)c2ccccc2)cc1. The van der Waals surface area contributed by atoms with Crippen molar-refractivity contribution in [3.63, 3.8) is 0 Å². The lowest BCUT2D eigenvalue weighted by molar-refractivity contribution is -0.155. The van der Waals surface area contributed by atoms with Crippen LogP contribution in [0.3, 0.4) is 0 Å². The van der Waals surface area contributed by atoms with E-state index in [0.717, 1.165) is 0 Å². The normalized spacial score (nSPS) is 11.0. The van der Waals surface area contributed by atoms with Gasteiger partial charge in [-0.25, -0.2) is 0 Å². The monoisotopic (exact) mass is 340 g/mol. The van der Waals surface area contributed by atoms with Crippen LogP contribution in [0.2, 0.25) is 0 Å². The van der Waals surface area contributed by atoms with Crippen molar-refractivity contribution in [2.24, 2.45) is 0 Å². The molecule has 0 fully saturated rings. The van der Waals surface area contributed by atoms with E-state index in [9.17, 15) is 9.59 Å². The topological polar surface area (TPSA) is 52.6 Å². The highest BCUT2D eigenvalue weighted by atomic mass is 16.6. The van der Waals surface area contributed by atoms with Gasteiger partial charge in [-0.05, 0) is 51.5 Å². The minimum absolute atomic E-state index is 0.0166. The van der Waals surface area contributed by atoms with Gasteiger partial charge >= 0.3 is 5.97 Å². The molecule has 2 rings (SSSR count). The van der Waals surface area contributed by atoms with Gasteiger partial charge in [-0.15, -0.1) is 0 Å². The lowest BCUT2D eigenvalue weighted by Gasteiger charge is -2.19. The predicted molar refractivity (Wildman–Crippen MR) is 96.9 cm³/mol. The van der Waals surface area contributed by atoms with E-state index in [4.69, 9.17) is 9.47 Å². The lowest BCUT2D eigenvalue weighted by atomic mass is 10.0. The van der Waals surface area contributed by atoms with E-state index < -0.39 is 5.60 Å². The van der Waals surface area contributed by atoms with Crippen molar-refractivity contribution in [1.29, 1.82) is 0 Å². The fraction of sp³-hybridized carbons (Fsp3) is 0.333. The number of carbonyl (C=O) groups excluding carboxylic acids is 2. The molecule has 0 bridgehead atoms. The molecule has 0 aliphatic heterocycles. The van der Waals surface area contributed by atoms with Crippen molar-refractivity contribution < 1.29 is 19.1 Å². The molecular formula is C21H24O4. The summed E-state index contributed by atoms with van der Waals surface area (Å²) >= 11 is 0. The Morgan fingerprint density at radius 2 is 1.48 bits per heavy atom. The Kier molecular flexibility index (Phi) is 6.34. The van der Waals surface area contributed by atoms with Crippen LogP contribution in [0, 0.1) is 0 Å². The van der Waals surface area contributed by atoms with E-state index >= 15 is 0 Å². The smallest absolute Gasteiger partial charge is 0.306 e. The van der Waals surface area contributed by atoms with E-state index in [-0.39, 0.29) is 11.8 Å². The maximum atomic E-state index is 12.3. The molecule has 2 aromatic carbocycles. The highest BCUT2D eigenvalue weighted by Gasteiger charge is 2.15. The molecule has 0 atom stereocenters. The van der Waals surface area contributed by atoms with E-state index in [0.29, 0.717) is 36.3 Å². The molecule has 132 valence electrons. The molecule has 0 unspecified atom stereocenters. The third-order valence-corrected chi connectivity index (χ3v) is 3.37. The molecule has 0 spiro atoms. The average molecular weight is 340 g/mol. The van der Waals surface area contributed by atoms with Gasteiger partial charge in [-0.3, -0.25) is 9.59 Å². The number of ether oxygens (including phenoxy) is 2. The Balaban J connectivity index is 1.79. The van der Waals surface area contributed by atoms with E-state index in [1.54, 1.807) is 36.4 Å². The zero-order chi connectivity index (χ0) is 18.3. The maximum Gasteiger partial charge on any atom is 0.306 e. The molecule has 0 aliphatic carbocycles. The molecular weight excluding hydrogens is 316 g/mol. The van der Waals surface area contributed by atoms with Gasteiger partial charge in [0.1, 0.15) is 11.4 Å². The molecule has 0 N–H and O–H groups in total. The van der Waals surface area contributed by atoms with Gasteiger partial charge in [0.05, 0.1) is 6.61 Å². The van der Waals surface area contributed by atoms with Gasteiger partial charge < -0.3 is 9.47 Å². The Bertz CT molecular complexity index is 697. The van der Waals surface area contributed by atoms with Crippen LogP contribution < -0.4 is 4.74 Å². The van der Waals surface area contributed by atoms with Gasteiger partial charge in [0.15, 0.2) is 5.78 Å². The summed E-state index contributed by atoms with van der Waals surface area (Å²) in [7, 11) is 0. The number of hydrogen-bond acceptors (Lipinski definition) is 4. The van der Waals surface area contributed by atoms with E-state index in [2.05, 4.69) is 0 Å². The Labute approximate surface area is 148 Å². The minimum Gasteiger partial charge on any atom is -0.494 e. The number of rotatable bonds is 7. The van der Waals surface area contributed by atoms with Crippen molar-refractivity contribution in [3.8, 4) is 5.75 Å². The molecule has 0 aromatic heterocycles. The third kappa shape index (κ3) is 6.42. The fourth-order valence-corrected chi connectivity index (χ4v) is 2.26. The van der Waals surface area contributed by atoms with Crippen LogP contribution in [0.15, 0.2) is 54.6 Å². The molecule has 4 nitrogen and oxygen atoms in total. The van der Waals surface area contributed by atoms with Crippen molar-refractivity contribution >= 4 is 11.8 Å². The molecule has 25 heavy (non-hydrogen) atoms. The molecule has 0 heterocycles. The van der Waals surface area contributed by atoms with Crippen molar-refractivity contribution in [2.75, 3.05) is 6.61 Å². The number of carbonyl (C=O) groups is 2. The molecule has 2 aromatic rings. The first kappa shape index (κ1) is 18.7. The second-order valence-electron chi connectivity index (χ2n) is 6.76. The molecule has 0 saturated carbocycles. The number of ketones is 1. The van der Waals surface area contributed by atoms with Crippen LogP contribution in [0.25, 0.3) is 0 Å². The lowest BCUT2D eigenvalue weighted by Crippen LogP contribution is -2.23. The Morgan fingerprint density at radius 3 is 2.08 bits per heavy atom. The summed E-state index contributed by atoms with van der Waals surface area (Å²) in [5.41, 5.74) is 0.819. The van der Waals surface area contributed by atoms with Gasteiger partial charge in [-0.2, -0.15) is 0 Å². The fourth-order valence-electron chi connectivity index (χ4n) is 2.26. The highest BCUT2D eigenvalue weighted by Crippen LogP contribution is 2.16. The van der Waals surface area contributed by atoms with E-state index in [1.807, 2.05) is 39.0 Å². The van der Waals surface area contributed by atoms with Crippen LogP contribution in [0.4, 0.5) is 0 Å². The summed E-state index contributed by atoms with van der Waals surface area (Å²) in [6.45, 7) is 5.96. The minimum atomic E-state index is -0.459. The van der Waals surface area contributed by atoms with Crippen LogP contribution >= 0.6 is 0 Å². The summed E-state index contributed by atoms with van der Waals surface area (Å²) in [6, 6.07) is 16.2. The van der Waals surface area contributed by atoms with Crippen LogP contribution in [0.1, 0.15) is 49.5 Å². The molecule has 0 saturated heterocycles. The molecule has 0 amide bonds. The number of benzene rings is 2. The Morgan fingerprint density at radius 1 is 0.880 bits per heavy atom. The summed E-state index contributed by atoms with van der Waals surface area (Å²) in [6.07, 6.45) is 0.904. The largest absolute Gasteiger partial charge is 0.494 e. The number of esters is 1. The van der Waals surface area contributed by atoms with Crippen molar-refractivity contribution in [1.82, 2.24) is 0 Å². The highest BCUT2D eigenvalue weighted by molar-refractivity contribution is 6.08. The maximum absolute atomic E-state index is 12.3. The van der Waals surface area contributed by atoms with Gasteiger partial charge in [0.2, 0.25) is 0 Å². The molecule has 0 aliphatic rings. The summed E-state index contributed by atoms with van der Waals surface area (Å²) < 4.78 is 10.9.